The highest BCUT2D eigenvalue weighted by Crippen LogP contribution is 2.72. The van der Waals surface area contributed by atoms with E-state index in [0.29, 0.717) is 0 Å². The van der Waals surface area contributed by atoms with Gasteiger partial charge in [0.05, 0.1) is 0 Å². The van der Waals surface area contributed by atoms with Crippen LogP contribution in [0.25, 0.3) is 0 Å². The zero-order valence-corrected chi connectivity index (χ0v) is 15.0. The van der Waals surface area contributed by atoms with Crippen LogP contribution in [-0.4, -0.2) is 42.2 Å². The van der Waals surface area contributed by atoms with Gasteiger partial charge in [-0.05, 0) is 18.8 Å². The molecule has 1 heterocycles. The van der Waals surface area contributed by atoms with Gasteiger partial charge in [-0.2, -0.15) is 0 Å². The van der Waals surface area contributed by atoms with Crippen LogP contribution in [0.4, 0.5) is 0 Å². The Bertz CT molecular complexity index is 249. The standard InChI is InChI=1S/C9H18S3Si3/c1-7-10(4)13-11(5,8-2)15-12(6,9-3)14-10/h7-9H,1-3H2,4-6H3. The van der Waals surface area contributed by atoms with Gasteiger partial charge in [-0.1, -0.05) is 36.0 Å². The SMILES string of the molecule is C=CS1(C)[Si]S(C)(C=C)[Si]S(C)(C=C)[Si]1. The fraction of sp³-hybridized carbons (Fsp3) is 0.333. The lowest BCUT2D eigenvalue weighted by Crippen LogP contribution is -2.32. The third-order valence-corrected chi connectivity index (χ3v) is 47.5. The lowest BCUT2D eigenvalue weighted by molar-refractivity contribution is 2.37. The molecule has 0 aliphatic carbocycles. The van der Waals surface area contributed by atoms with Crippen LogP contribution in [0.1, 0.15) is 0 Å². The second-order valence-corrected chi connectivity index (χ2v) is 36.0. The average Bonchev–Trinajstić information content (AvgIpc) is 2.16. The van der Waals surface area contributed by atoms with Crippen LogP contribution in [0.2, 0.25) is 0 Å². The van der Waals surface area contributed by atoms with Crippen molar-refractivity contribution in [2.24, 2.45) is 0 Å². The van der Waals surface area contributed by atoms with Crippen LogP contribution in [0.15, 0.2) is 36.0 Å². The van der Waals surface area contributed by atoms with Crippen molar-refractivity contribution in [3.8, 4) is 0 Å². The molecule has 0 bridgehead atoms. The van der Waals surface area contributed by atoms with Crippen molar-refractivity contribution in [1.29, 1.82) is 0 Å². The first-order valence-electron chi connectivity index (χ1n) is 4.38. The molecule has 0 atom stereocenters. The topological polar surface area (TPSA) is 0 Å². The zero-order valence-electron chi connectivity index (χ0n) is 9.58. The summed E-state index contributed by atoms with van der Waals surface area (Å²) in [4.78, 5) is 0. The minimum absolute atomic E-state index is 0.560. The molecular formula is C9H18S3Si3. The van der Waals surface area contributed by atoms with Gasteiger partial charge in [0.25, 0.3) is 0 Å². The molecule has 6 heteroatoms. The zero-order chi connectivity index (χ0) is 11.7. The lowest BCUT2D eigenvalue weighted by atomic mass is 11.3. The fourth-order valence-corrected chi connectivity index (χ4v) is 81.8. The van der Waals surface area contributed by atoms with Gasteiger partial charge in [-0.15, -0.1) is 0 Å². The molecule has 0 unspecified atom stereocenters. The van der Waals surface area contributed by atoms with Crippen molar-refractivity contribution in [3.05, 3.63) is 36.0 Å². The molecule has 0 aromatic heterocycles. The first-order chi connectivity index (χ1) is 6.80. The molecule has 0 amide bonds. The maximum Gasteiger partial charge on any atom is 0.162 e. The number of hydrogen-bond donors (Lipinski definition) is 0. The number of rotatable bonds is 3. The highest BCUT2D eigenvalue weighted by atomic mass is 33.0. The normalized spacial score (nSPS) is 58.6. The van der Waals surface area contributed by atoms with Gasteiger partial charge in [0, 0.05) is 0 Å². The van der Waals surface area contributed by atoms with E-state index in [0.717, 1.165) is 23.5 Å². The van der Waals surface area contributed by atoms with Crippen LogP contribution >= 0.6 is 26.8 Å². The van der Waals surface area contributed by atoms with Crippen molar-refractivity contribution in [1.82, 2.24) is 0 Å². The third kappa shape index (κ3) is 3.20. The van der Waals surface area contributed by atoms with Gasteiger partial charge in [0.1, 0.15) is 0 Å². The molecule has 0 aromatic carbocycles. The molecule has 1 fully saturated rings. The molecule has 0 nitrogen and oxygen atoms in total. The van der Waals surface area contributed by atoms with E-state index in [2.05, 4.69) is 54.7 Å². The molecule has 1 aliphatic heterocycles. The molecule has 0 saturated carbocycles. The van der Waals surface area contributed by atoms with E-state index >= 15 is 0 Å². The molecule has 1 rings (SSSR count). The van der Waals surface area contributed by atoms with E-state index in [4.69, 9.17) is 0 Å². The fourth-order valence-electron chi connectivity index (χ4n) is 1.33. The van der Waals surface area contributed by atoms with E-state index in [-0.39, 0.29) is 0 Å². The Hall–Kier alpha value is 0.921. The van der Waals surface area contributed by atoms with E-state index in [9.17, 15) is 0 Å². The monoisotopic (exact) mass is 306 g/mol. The molecule has 84 valence electrons. The first kappa shape index (κ1) is 14.0. The van der Waals surface area contributed by atoms with Gasteiger partial charge < -0.3 is 0 Å². The second kappa shape index (κ2) is 4.66. The molecular weight excluding hydrogens is 289 g/mol. The Morgan fingerprint density at radius 2 is 0.867 bits per heavy atom. The Labute approximate surface area is 104 Å². The van der Waals surface area contributed by atoms with Crippen LogP contribution in [-0.2, 0) is 0 Å². The van der Waals surface area contributed by atoms with Gasteiger partial charge in [-0.25, -0.2) is 26.8 Å². The van der Waals surface area contributed by atoms with Crippen molar-refractivity contribution in [2.45, 2.75) is 0 Å². The predicted octanol–water partition coefficient (Wildman–Crippen LogP) is 3.34. The summed E-state index contributed by atoms with van der Waals surface area (Å²) in [5, 5.41) is 6.78. The molecule has 0 aromatic rings. The largest absolute Gasteiger partial charge is 0.237 e. The highest BCUT2D eigenvalue weighted by molar-refractivity contribution is 9.12. The predicted molar refractivity (Wildman–Crippen MR) is 88.4 cm³/mol. The van der Waals surface area contributed by atoms with Crippen molar-refractivity contribution in [3.63, 3.8) is 0 Å². The van der Waals surface area contributed by atoms with Crippen molar-refractivity contribution < 1.29 is 0 Å². The Balaban J connectivity index is 3.07. The van der Waals surface area contributed by atoms with Crippen LogP contribution in [0.5, 0.6) is 0 Å². The molecule has 6 radical (unpaired) electrons. The van der Waals surface area contributed by atoms with Gasteiger partial charge in [0.2, 0.25) is 0 Å². The van der Waals surface area contributed by atoms with Crippen molar-refractivity contribution in [2.75, 3.05) is 18.8 Å². The minimum atomic E-state index is -0.560. The maximum absolute atomic E-state index is 4.07. The van der Waals surface area contributed by atoms with E-state index in [1.165, 1.54) is 0 Å². The summed E-state index contributed by atoms with van der Waals surface area (Å²) in [6.45, 7) is 12.2. The van der Waals surface area contributed by atoms with E-state index in [1.54, 1.807) is 0 Å². The minimum Gasteiger partial charge on any atom is -0.237 e. The Kier molecular flexibility index (Phi) is 4.34. The second-order valence-electron chi connectivity index (χ2n) is 3.70. The average molecular weight is 307 g/mol. The number of hydrogen-bond acceptors (Lipinski definition) is 0. The van der Waals surface area contributed by atoms with Gasteiger partial charge in [-0.3, -0.25) is 0 Å². The van der Waals surface area contributed by atoms with Gasteiger partial charge in [0.15, 0.2) is 23.5 Å². The van der Waals surface area contributed by atoms with Gasteiger partial charge >= 0.3 is 0 Å². The third-order valence-electron chi connectivity index (χ3n) is 2.04. The Morgan fingerprint density at radius 1 is 0.667 bits per heavy atom. The lowest BCUT2D eigenvalue weighted by Gasteiger charge is -2.55. The summed E-state index contributed by atoms with van der Waals surface area (Å²) in [6.07, 6.45) is 7.35. The quantitative estimate of drug-likeness (QED) is 0.702. The molecule has 15 heavy (non-hydrogen) atoms. The Morgan fingerprint density at radius 3 is 1.00 bits per heavy atom. The summed E-state index contributed by atoms with van der Waals surface area (Å²) < 4.78 is 0. The summed E-state index contributed by atoms with van der Waals surface area (Å²) in [6, 6.07) is 0. The van der Waals surface area contributed by atoms with Crippen molar-refractivity contribution >= 4 is 50.2 Å². The molecule has 1 aliphatic rings. The van der Waals surface area contributed by atoms with Crippen LogP contribution < -0.4 is 0 Å². The molecule has 0 N–H and O–H groups in total. The van der Waals surface area contributed by atoms with E-state index < -0.39 is 26.8 Å². The smallest absolute Gasteiger partial charge is 0.162 e. The first-order valence-corrected chi connectivity index (χ1v) is 18.0. The van der Waals surface area contributed by atoms with Crippen LogP contribution in [0.3, 0.4) is 0 Å². The molecule has 0 spiro atoms. The summed E-state index contributed by atoms with van der Waals surface area (Å²) >= 11 is 0. The summed E-state index contributed by atoms with van der Waals surface area (Å²) in [5.74, 6) is 0. The van der Waals surface area contributed by atoms with E-state index in [1.807, 2.05) is 0 Å². The summed E-state index contributed by atoms with van der Waals surface area (Å²) in [7, 11) is 1.58. The summed E-state index contributed by atoms with van der Waals surface area (Å²) in [5.41, 5.74) is 0. The maximum atomic E-state index is 4.07. The highest BCUT2D eigenvalue weighted by Gasteiger charge is 2.41. The molecule has 1 saturated heterocycles. The van der Waals surface area contributed by atoms with Crippen LogP contribution in [0, 0.1) is 0 Å².